The third kappa shape index (κ3) is 3.23. The molecule has 100 valence electrons. The van der Waals surface area contributed by atoms with E-state index >= 15 is 0 Å². The van der Waals surface area contributed by atoms with Crippen molar-refractivity contribution in [3.05, 3.63) is 47.4 Å². The van der Waals surface area contributed by atoms with Gasteiger partial charge in [-0.15, -0.1) is 0 Å². The highest BCUT2D eigenvalue weighted by atomic mass is 32.2. The van der Waals surface area contributed by atoms with Crippen LogP contribution in [0, 0.1) is 12.7 Å². The van der Waals surface area contributed by atoms with E-state index in [-0.39, 0.29) is 16.9 Å². The lowest BCUT2D eigenvalue weighted by molar-refractivity contribution is 0.0994. The molecule has 0 fully saturated rings. The predicted molar refractivity (Wildman–Crippen MR) is 74.0 cm³/mol. The summed E-state index contributed by atoms with van der Waals surface area (Å²) in [5, 5.41) is 4.95. The summed E-state index contributed by atoms with van der Waals surface area (Å²) < 4.78 is 14.6. The van der Waals surface area contributed by atoms with Crippen LogP contribution in [-0.4, -0.2) is 20.8 Å². The lowest BCUT2D eigenvalue weighted by Gasteiger charge is -2.10. The van der Waals surface area contributed by atoms with Crippen LogP contribution in [-0.2, 0) is 7.05 Å². The van der Waals surface area contributed by atoms with Crippen LogP contribution in [0.25, 0.3) is 0 Å². The Bertz CT molecular complexity index is 592. The van der Waals surface area contributed by atoms with Crippen LogP contribution in [0.1, 0.15) is 23.0 Å². The number of aromatic nitrogens is 2. The first-order chi connectivity index (χ1) is 8.97. The van der Waals surface area contributed by atoms with Crippen molar-refractivity contribution in [1.82, 2.24) is 9.78 Å². The van der Waals surface area contributed by atoms with Crippen molar-refractivity contribution in [2.45, 2.75) is 24.1 Å². The maximum absolute atomic E-state index is 12.8. The Balaban J connectivity index is 2.11. The average Bonchev–Trinajstić information content (AvgIpc) is 2.68. The number of aryl methyl sites for hydroxylation is 2. The van der Waals surface area contributed by atoms with Gasteiger partial charge in [0.05, 0.1) is 16.0 Å². The fourth-order valence-electron chi connectivity index (χ4n) is 1.78. The molecule has 19 heavy (non-hydrogen) atoms. The van der Waals surface area contributed by atoms with E-state index in [9.17, 15) is 9.18 Å². The third-order valence-electron chi connectivity index (χ3n) is 2.75. The molecule has 0 spiro atoms. The molecule has 0 N–H and O–H groups in total. The number of ketones is 1. The second kappa shape index (κ2) is 5.57. The van der Waals surface area contributed by atoms with Crippen molar-refractivity contribution in [2.75, 3.05) is 0 Å². The van der Waals surface area contributed by atoms with E-state index in [2.05, 4.69) is 5.10 Å². The summed E-state index contributed by atoms with van der Waals surface area (Å²) in [5.74, 6) is -0.344. The summed E-state index contributed by atoms with van der Waals surface area (Å²) in [5.41, 5.74) is 1.45. The Hall–Kier alpha value is -1.62. The number of Topliss-reactive ketones (excluding diaryl/α,β-unsaturated/α-hetero) is 1. The van der Waals surface area contributed by atoms with Gasteiger partial charge in [0, 0.05) is 12.6 Å². The number of halogens is 1. The first-order valence-corrected chi connectivity index (χ1v) is 6.82. The molecular formula is C14H15FN2OS. The second-order valence-electron chi connectivity index (χ2n) is 4.38. The molecule has 1 aromatic carbocycles. The molecule has 2 rings (SSSR count). The molecule has 0 saturated carbocycles. The smallest absolute Gasteiger partial charge is 0.175 e. The van der Waals surface area contributed by atoms with Crippen LogP contribution in [0.3, 0.4) is 0 Å². The quantitative estimate of drug-likeness (QED) is 0.636. The van der Waals surface area contributed by atoms with Crippen molar-refractivity contribution in [3.8, 4) is 0 Å². The molecule has 0 bridgehead atoms. The molecule has 0 aliphatic heterocycles. The van der Waals surface area contributed by atoms with E-state index in [0.717, 1.165) is 10.7 Å². The van der Waals surface area contributed by atoms with E-state index in [0.29, 0.717) is 5.56 Å². The highest BCUT2D eigenvalue weighted by molar-refractivity contribution is 8.00. The van der Waals surface area contributed by atoms with Crippen LogP contribution >= 0.6 is 11.8 Å². The zero-order valence-corrected chi connectivity index (χ0v) is 11.9. The summed E-state index contributed by atoms with van der Waals surface area (Å²) in [4.78, 5) is 12.2. The van der Waals surface area contributed by atoms with Gasteiger partial charge in [0.25, 0.3) is 0 Å². The number of hydrogen-bond donors (Lipinski definition) is 0. The molecule has 0 radical (unpaired) electrons. The summed E-state index contributed by atoms with van der Waals surface area (Å²) >= 11 is 1.46. The monoisotopic (exact) mass is 278 g/mol. The Morgan fingerprint density at radius 1 is 1.37 bits per heavy atom. The number of nitrogens with zero attached hydrogens (tertiary/aromatic N) is 2. The molecule has 0 aliphatic carbocycles. The Kier molecular flexibility index (Phi) is 4.04. The van der Waals surface area contributed by atoms with E-state index in [1.165, 1.54) is 36.0 Å². The first kappa shape index (κ1) is 13.8. The average molecular weight is 278 g/mol. The van der Waals surface area contributed by atoms with Crippen molar-refractivity contribution in [1.29, 1.82) is 0 Å². The molecule has 2 aromatic rings. The van der Waals surface area contributed by atoms with Gasteiger partial charge in [0.15, 0.2) is 5.78 Å². The number of hydrogen-bond acceptors (Lipinski definition) is 3. The van der Waals surface area contributed by atoms with E-state index in [4.69, 9.17) is 0 Å². The van der Waals surface area contributed by atoms with Gasteiger partial charge in [-0.25, -0.2) is 4.39 Å². The van der Waals surface area contributed by atoms with Gasteiger partial charge in [0.1, 0.15) is 5.82 Å². The molecular weight excluding hydrogens is 263 g/mol. The van der Waals surface area contributed by atoms with Gasteiger partial charge in [-0.3, -0.25) is 9.48 Å². The lowest BCUT2D eigenvalue weighted by atomic mass is 10.1. The molecule has 1 aromatic heterocycles. The van der Waals surface area contributed by atoms with Crippen LogP contribution in [0.2, 0.25) is 0 Å². The topological polar surface area (TPSA) is 34.9 Å². The van der Waals surface area contributed by atoms with Gasteiger partial charge in [-0.1, -0.05) is 11.8 Å². The molecule has 0 saturated heterocycles. The SMILES string of the molecule is Cc1cc(SC(C)C(=O)c2ccc(F)cc2)n(C)n1. The van der Waals surface area contributed by atoms with Crippen molar-refractivity contribution < 1.29 is 9.18 Å². The van der Waals surface area contributed by atoms with Gasteiger partial charge in [-0.05, 0) is 44.2 Å². The van der Waals surface area contributed by atoms with E-state index in [1.807, 2.05) is 27.0 Å². The zero-order valence-electron chi connectivity index (χ0n) is 11.1. The Morgan fingerprint density at radius 2 is 2.00 bits per heavy atom. The Morgan fingerprint density at radius 3 is 2.53 bits per heavy atom. The predicted octanol–water partition coefficient (Wildman–Crippen LogP) is 3.23. The minimum Gasteiger partial charge on any atom is -0.293 e. The minimum absolute atomic E-state index is 0.0103. The first-order valence-electron chi connectivity index (χ1n) is 5.94. The molecule has 1 unspecified atom stereocenters. The van der Waals surface area contributed by atoms with Crippen molar-refractivity contribution in [2.24, 2.45) is 7.05 Å². The van der Waals surface area contributed by atoms with Crippen molar-refractivity contribution >= 4 is 17.5 Å². The van der Waals surface area contributed by atoms with Crippen LogP contribution in [0.5, 0.6) is 0 Å². The van der Waals surface area contributed by atoms with Gasteiger partial charge >= 0.3 is 0 Å². The number of thioether (sulfide) groups is 1. The number of carbonyl (C=O) groups excluding carboxylic acids is 1. The molecule has 1 atom stereocenters. The van der Waals surface area contributed by atoms with E-state index in [1.54, 1.807) is 4.68 Å². The summed E-state index contributed by atoms with van der Waals surface area (Å²) in [6, 6.07) is 7.59. The Labute approximate surface area is 115 Å². The standard InChI is InChI=1S/C14H15FN2OS/c1-9-8-13(17(3)16-9)19-10(2)14(18)11-4-6-12(15)7-5-11/h4-8,10H,1-3H3. The molecule has 1 heterocycles. The zero-order chi connectivity index (χ0) is 14.0. The highest BCUT2D eigenvalue weighted by Gasteiger charge is 2.18. The maximum Gasteiger partial charge on any atom is 0.175 e. The van der Waals surface area contributed by atoms with Crippen LogP contribution < -0.4 is 0 Å². The van der Waals surface area contributed by atoms with Gasteiger partial charge in [0.2, 0.25) is 0 Å². The van der Waals surface area contributed by atoms with Crippen LogP contribution in [0.15, 0.2) is 35.4 Å². The molecule has 3 nitrogen and oxygen atoms in total. The molecule has 0 amide bonds. The van der Waals surface area contributed by atoms with Crippen molar-refractivity contribution in [3.63, 3.8) is 0 Å². The fraction of sp³-hybridized carbons (Fsp3) is 0.286. The number of rotatable bonds is 4. The minimum atomic E-state index is -0.334. The summed E-state index contributed by atoms with van der Waals surface area (Å²) in [6.45, 7) is 3.76. The van der Waals surface area contributed by atoms with Gasteiger partial charge in [-0.2, -0.15) is 5.10 Å². The number of benzene rings is 1. The van der Waals surface area contributed by atoms with E-state index < -0.39 is 0 Å². The second-order valence-corrected chi connectivity index (χ2v) is 5.74. The largest absolute Gasteiger partial charge is 0.293 e. The lowest BCUT2D eigenvalue weighted by Crippen LogP contribution is -2.14. The maximum atomic E-state index is 12.8. The normalized spacial score (nSPS) is 12.4. The van der Waals surface area contributed by atoms with Crippen LogP contribution in [0.4, 0.5) is 4.39 Å². The number of carbonyl (C=O) groups is 1. The summed E-state index contributed by atoms with van der Waals surface area (Å²) in [6.07, 6.45) is 0. The van der Waals surface area contributed by atoms with Gasteiger partial charge < -0.3 is 0 Å². The highest BCUT2D eigenvalue weighted by Crippen LogP contribution is 2.25. The third-order valence-corrected chi connectivity index (χ3v) is 3.95. The molecule has 5 heteroatoms. The summed E-state index contributed by atoms with van der Waals surface area (Å²) in [7, 11) is 1.85. The molecule has 0 aliphatic rings. The fourth-order valence-corrected chi connectivity index (χ4v) is 2.82.